The van der Waals surface area contributed by atoms with E-state index in [4.69, 9.17) is 15.3 Å². The number of esters is 2. The molecule has 0 unspecified atom stereocenters. The summed E-state index contributed by atoms with van der Waals surface area (Å²) in [6.07, 6.45) is 0.0647. The quantitative estimate of drug-likeness (QED) is 0.234. The molecular weight excluding hydrogens is 352 g/mol. The van der Waals surface area contributed by atoms with E-state index in [1.54, 1.807) is 0 Å². The number of carbonyl (C=O) groups is 2. The van der Waals surface area contributed by atoms with Gasteiger partial charge in [-0.05, 0) is 30.2 Å². The van der Waals surface area contributed by atoms with E-state index in [0.717, 1.165) is 5.56 Å². The summed E-state index contributed by atoms with van der Waals surface area (Å²) >= 11 is 0. The van der Waals surface area contributed by atoms with Gasteiger partial charge in [-0.15, -0.1) is 0 Å². The molecule has 0 aromatic heterocycles. The summed E-state index contributed by atoms with van der Waals surface area (Å²) in [6.45, 7) is 1.02. The number of hydrazine groups is 1. The van der Waals surface area contributed by atoms with E-state index >= 15 is 0 Å². The van der Waals surface area contributed by atoms with Gasteiger partial charge in [-0.25, -0.2) is 15.0 Å². The van der Waals surface area contributed by atoms with E-state index in [9.17, 15) is 19.8 Å². The number of aromatic hydroxyl groups is 2. The number of phenols is 2. The molecule has 0 radical (unpaired) electrons. The van der Waals surface area contributed by atoms with Crippen molar-refractivity contribution in [3.05, 3.63) is 59.7 Å². The van der Waals surface area contributed by atoms with Crippen LogP contribution in [-0.2, 0) is 32.1 Å². The van der Waals surface area contributed by atoms with Gasteiger partial charge in [0.25, 0.3) is 0 Å². The van der Waals surface area contributed by atoms with Crippen LogP contribution in [0.4, 0.5) is 0 Å². The Labute approximate surface area is 156 Å². The molecule has 1 atom stereocenters. The van der Waals surface area contributed by atoms with E-state index in [-0.39, 0.29) is 24.5 Å². The number of hydrogen-bond donors (Lipinski definition) is 4. The zero-order chi connectivity index (χ0) is 19.9. The largest absolute Gasteiger partial charge is 0.504 e. The van der Waals surface area contributed by atoms with Crippen molar-refractivity contribution in [3.63, 3.8) is 0 Å². The van der Waals surface area contributed by atoms with Gasteiger partial charge < -0.3 is 19.7 Å². The molecule has 5 N–H and O–H groups in total. The van der Waals surface area contributed by atoms with Crippen molar-refractivity contribution in [1.29, 1.82) is 0 Å². The predicted molar refractivity (Wildman–Crippen MR) is 96.4 cm³/mol. The van der Waals surface area contributed by atoms with Gasteiger partial charge >= 0.3 is 11.9 Å². The van der Waals surface area contributed by atoms with E-state index in [2.05, 4.69) is 5.43 Å². The Morgan fingerprint density at radius 1 is 1.04 bits per heavy atom. The topological polar surface area (TPSA) is 131 Å². The van der Waals surface area contributed by atoms with Crippen molar-refractivity contribution < 1.29 is 29.3 Å². The van der Waals surface area contributed by atoms with Crippen molar-refractivity contribution in [2.75, 3.05) is 6.61 Å². The molecule has 0 amide bonds. The van der Waals surface area contributed by atoms with Crippen LogP contribution in [0.3, 0.4) is 0 Å². The van der Waals surface area contributed by atoms with Crippen LogP contribution in [-0.4, -0.2) is 34.3 Å². The Kier molecular flexibility index (Phi) is 6.75. The summed E-state index contributed by atoms with van der Waals surface area (Å²) < 4.78 is 10.0. The summed E-state index contributed by atoms with van der Waals surface area (Å²) in [4.78, 5) is 24.1. The Hall–Kier alpha value is -3.10. The van der Waals surface area contributed by atoms with Crippen LogP contribution in [0.15, 0.2) is 48.5 Å². The standard InChI is InChI=1S/C19H22N2O6/c1-19(21-20,10-14-7-8-15(22)16(23)9-14)18(25)27-12-17(24)26-11-13-5-3-2-4-6-13/h2-9,21-23H,10-12,20H2,1H3/t19-/m0/s1. The number of carbonyl (C=O) groups excluding carboxylic acids is 2. The number of hydrogen-bond acceptors (Lipinski definition) is 8. The fourth-order valence-corrected chi connectivity index (χ4v) is 2.33. The highest BCUT2D eigenvalue weighted by atomic mass is 16.6. The van der Waals surface area contributed by atoms with E-state index in [1.165, 1.54) is 25.1 Å². The fraction of sp³-hybridized carbons (Fsp3) is 0.263. The number of nitrogens with one attached hydrogen (secondary N) is 1. The van der Waals surface area contributed by atoms with E-state index in [1.807, 2.05) is 30.3 Å². The number of benzene rings is 2. The molecule has 0 aliphatic rings. The molecule has 27 heavy (non-hydrogen) atoms. The van der Waals surface area contributed by atoms with Crippen molar-refractivity contribution in [1.82, 2.24) is 5.43 Å². The van der Waals surface area contributed by atoms with Gasteiger partial charge in [-0.1, -0.05) is 36.4 Å². The number of phenolic OH excluding ortho intramolecular Hbond substituents is 2. The highest BCUT2D eigenvalue weighted by molar-refractivity contribution is 5.83. The zero-order valence-electron chi connectivity index (χ0n) is 14.8. The van der Waals surface area contributed by atoms with Crippen LogP contribution in [0.1, 0.15) is 18.1 Å². The van der Waals surface area contributed by atoms with Gasteiger partial charge in [0, 0.05) is 6.42 Å². The van der Waals surface area contributed by atoms with Crippen LogP contribution in [0.2, 0.25) is 0 Å². The van der Waals surface area contributed by atoms with Gasteiger partial charge in [0.15, 0.2) is 18.1 Å². The lowest BCUT2D eigenvalue weighted by Gasteiger charge is -2.26. The average molecular weight is 374 g/mol. The van der Waals surface area contributed by atoms with Crippen molar-refractivity contribution in [3.8, 4) is 11.5 Å². The summed E-state index contributed by atoms with van der Waals surface area (Å²) in [6, 6.07) is 13.3. The van der Waals surface area contributed by atoms with Crippen molar-refractivity contribution >= 4 is 11.9 Å². The van der Waals surface area contributed by atoms with Gasteiger partial charge in [0.05, 0.1) is 0 Å². The molecule has 0 saturated heterocycles. The molecule has 2 aromatic rings. The summed E-state index contributed by atoms with van der Waals surface area (Å²) in [5.41, 5.74) is 2.38. The number of ether oxygens (including phenoxy) is 2. The molecule has 8 heteroatoms. The summed E-state index contributed by atoms with van der Waals surface area (Å²) in [5, 5.41) is 18.9. The molecule has 0 bridgehead atoms. The van der Waals surface area contributed by atoms with Gasteiger partial charge in [0.1, 0.15) is 12.1 Å². The Bertz CT molecular complexity index is 796. The lowest BCUT2D eigenvalue weighted by atomic mass is 9.93. The van der Waals surface area contributed by atoms with Crippen LogP contribution in [0.25, 0.3) is 0 Å². The normalized spacial score (nSPS) is 12.8. The molecule has 0 aliphatic heterocycles. The maximum atomic E-state index is 12.3. The Morgan fingerprint density at radius 2 is 1.74 bits per heavy atom. The minimum atomic E-state index is -1.34. The molecule has 0 spiro atoms. The lowest BCUT2D eigenvalue weighted by Crippen LogP contribution is -2.55. The number of nitrogens with two attached hydrogens (primary N) is 1. The predicted octanol–water partition coefficient (Wildman–Crippen LogP) is 1.15. The average Bonchev–Trinajstić information content (AvgIpc) is 2.68. The fourth-order valence-electron chi connectivity index (χ4n) is 2.33. The van der Waals surface area contributed by atoms with Crippen LogP contribution in [0.5, 0.6) is 11.5 Å². The molecule has 0 heterocycles. The summed E-state index contributed by atoms with van der Waals surface area (Å²) in [7, 11) is 0. The molecule has 8 nitrogen and oxygen atoms in total. The minimum Gasteiger partial charge on any atom is -0.504 e. The van der Waals surface area contributed by atoms with Gasteiger partial charge in [-0.3, -0.25) is 5.84 Å². The van der Waals surface area contributed by atoms with Gasteiger partial charge in [-0.2, -0.15) is 0 Å². The minimum absolute atomic E-state index is 0.0647. The Morgan fingerprint density at radius 3 is 2.37 bits per heavy atom. The third-order valence-corrected chi connectivity index (χ3v) is 3.93. The SMILES string of the molecule is C[C@@](Cc1ccc(O)c(O)c1)(NN)C(=O)OCC(=O)OCc1ccccc1. The zero-order valence-corrected chi connectivity index (χ0v) is 14.8. The van der Waals surface area contributed by atoms with Crippen LogP contribution in [0, 0.1) is 0 Å². The van der Waals surface area contributed by atoms with E-state index in [0.29, 0.717) is 5.56 Å². The molecule has 0 fully saturated rings. The smallest absolute Gasteiger partial charge is 0.344 e. The second kappa shape index (κ2) is 9.02. The highest BCUT2D eigenvalue weighted by Gasteiger charge is 2.34. The second-order valence-electron chi connectivity index (χ2n) is 6.20. The third-order valence-electron chi connectivity index (χ3n) is 3.93. The number of rotatable bonds is 8. The first-order chi connectivity index (χ1) is 12.8. The molecule has 0 saturated carbocycles. The van der Waals surface area contributed by atoms with Crippen molar-refractivity contribution in [2.45, 2.75) is 25.5 Å². The monoisotopic (exact) mass is 374 g/mol. The Balaban J connectivity index is 1.89. The van der Waals surface area contributed by atoms with Crippen LogP contribution >= 0.6 is 0 Å². The maximum absolute atomic E-state index is 12.3. The first kappa shape index (κ1) is 20.2. The molecule has 0 aliphatic carbocycles. The maximum Gasteiger partial charge on any atom is 0.344 e. The highest BCUT2D eigenvalue weighted by Crippen LogP contribution is 2.27. The molecule has 2 rings (SSSR count). The van der Waals surface area contributed by atoms with Crippen molar-refractivity contribution in [2.24, 2.45) is 5.84 Å². The van der Waals surface area contributed by atoms with E-state index < -0.39 is 24.1 Å². The van der Waals surface area contributed by atoms with Crippen LogP contribution < -0.4 is 11.3 Å². The molecule has 2 aromatic carbocycles. The third kappa shape index (κ3) is 5.70. The lowest BCUT2D eigenvalue weighted by molar-refractivity contribution is -0.163. The summed E-state index contributed by atoms with van der Waals surface area (Å²) in [5.74, 6) is 3.46. The second-order valence-corrected chi connectivity index (χ2v) is 6.20. The first-order valence-electron chi connectivity index (χ1n) is 8.19. The first-order valence-corrected chi connectivity index (χ1v) is 8.19. The van der Waals surface area contributed by atoms with Gasteiger partial charge in [0.2, 0.25) is 0 Å². The molecular formula is C19H22N2O6. The molecule has 144 valence electrons.